The van der Waals surface area contributed by atoms with Gasteiger partial charge >= 0.3 is 0 Å². The molecule has 0 aliphatic carbocycles. The average Bonchev–Trinajstić information content (AvgIpc) is 2.39. The highest BCUT2D eigenvalue weighted by Gasteiger charge is 2.11. The molecule has 0 saturated heterocycles. The first kappa shape index (κ1) is 15.3. The fraction of sp³-hybridized carbons (Fsp3) is 0.133. The second-order valence-corrected chi connectivity index (χ2v) is 5.55. The zero-order valence-corrected chi connectivity index (χ0v) is 12.6. The number of carbonyl (C=O) groups is 1. The summed E-state index contributed by atoms with van der Waals surface area (Å²) in [4.78, 5) is 12.0. The molecule has 0 radical (unpaired) electrons. The number of rotatable bonds is 4. The van der Waals surface area contributed by atoms with E-state index in [2.05, 4.69) is 0 Å². The summed E-state index contributed by atoms with van der Waals surface area (Å²) < 4.78 is 13.3. The molecular formula is C15H10Cl3FO. The van der Waals surface area contributed by atoms with E-state index in [1.54, 1.807) is 24.3 Å². The Kier molecular flexibility index (Phi) is 5.03. The van der Waals surface area contributed by atoms with Gasteiger partial charge in [0.05, 0.1) is 15.1 Å². The third-order valence-electron chi connectivity index (χ3n) is 2.80. The van der Waals surface area contributed by atoms with Crippen molar-refractivity contribution in [3.8, 4) is 0 Å². The summed E-state index contributed by atoms with van der Waals surface area (Å²) in [5.74, 6) is -0.595. The molecule has 0 aromatic heterocycles. The molecule has 2 aromatic carbocycles. The molecule has 0 aliphatic heterocycles. The van der Waals surface area contributed by atoms with Crippen LogP contribution in [0, 0.1) is 5.82 Å². The second-order valence-electron chi connectivity index (χ2n) is 4.35. The Balaban J connectivity index is 2.09. The fourth-order valence-corrected chi connectivity index (χ4v) is 2.35. The van der Waals surface area contributed by atoms with E-state index in [0.29, 0.717) is 15.6 Å². The van der Waals surface area contributed by atoms with Gasteiger partial charge in [-0.3, -0.25) is 4.79 Å². The summed E-state index contributed by atoms with van der Waals surface area (Å²) in [6.07, 6.45) is 0.278. The molecule has 104 valence electrons. The molecule has 0 unspecified atom stereocenters. The molecule has 0 atom stereocenters. The van der Waals surface area contributed by atoms with Crippen molar-refractivity contribution in [2.45, 2.75) is 12.8 Å². The molecule has 0 saturated carbocycles. The van der Waals surface area contributed by atoms with E-state index in [4.69, 9.17) is 34.8 Å². The van der Waals surface area contributed by atoms with Crippen molar-refractivity contribution in [1.82, 2.24) is 0 Å². The molecule has 0 N–H and O–H groups in total. The first-order chi connectivity index (χ1) is 9.47. The maximum Gasteiger partial charge on any atom is 0.142 e. The normalized spacial score (nSPS) is 10.6. The van der Waals surface area contributed by atoms with E-state index in [1.807, 2.05) is 0 Å². The average molecular weight is 332 g/mol. The maximum atomic E-state index is 13.3. The van der Waals surface area contributed by atoms with Crippen molar-refractivity contribution >= 4 is 40.6 Å². The van der Waals surface area contributed by atoms with Gasteiger partial charge in [-0.15, -0.1) is 0 Å². The van der Waals surface area contributed by atoms with Gasteiger partial charge < -0.3 is 0 Å². The highest BCUT2D eigenvalue weighted by molar-refractivity contribution is 6.42. The number of hydrogen-bond donors (Lipinski definition) is 0. The van der Waals surface area contributed by atoms with Crippen molar-refractivity contribution in [3.05, 3.63) is 68.4 Å². The molecule has 2 aromatic rings. The van der Waals surface area contributed by atoms with Crippen LogP contribution in [0.2, 0.25) is 15.1 Å². The first-order valence-corrected chi connectivity index (χ1v) is 6.99. The summed E-state index contributed by atoms with van der Waals surface area (Å²) in [6.45, 7) is 0. The van der Waals surface area contributed by atoms with Crippen molar-refractivity contribution < 1.29 is 9.18 Å². The number of carbonyl (C=O) groups excluding carboxylic acids is 1. The van der Waals surface area contributed by atoms with E-state index in [-0.39, 0.29) is 23.6 Å². The second kappa shape index (κ2) is 6.57. The third-order valence-corrected chi connectivity index (χ3v) is 3.97. The predicted octanol–water partition coefficient (Wildman–Crippen LogP) is 5.14. The Morgan fingerprint density at radius 3 is 2.45 bits per heavy atom. The van der Waals surface area contributed by atoms with Crippen molar-refractivity contribution in [2.75, 3.05) is 0 Å². The van der Waals surface area contributed by atoms with Crippen LogP contribution in [0.5, 0.6) is 0 Å². The Morgan fingerprint density at radius 1 is 1.00 bits per heavy atom. The molecule has 0 fully saturated rings. The molecule has 5 heteroatoms. The highest BCUT2D eigenvalue weighted by atomic mass is 35.5. The van der Waals surface area contributed by atoms with Crippen LogP contribution in [0.25, 0.3) is 0 Å². The molecule has 1 nitrogen and oxygen atoms in total. The van der Waals surface area contributed by atoms with Gasteiger partial charge in [0.15, 0.2) is 0 Å². The molecule has 0 spiro atoms. The zero-order valence-electron chi connectivity index (χ0n) is 10.3. The Bertz CT molecular complexity index is 656. The van der Waals surface area contributed by atoms with Crippen LogP contribution >= 0.6 is 34.8 Å². The summed E-state index contributed by atoms with van der Waals surface area (Å²) in [7, 11) is 0. The lowest BCUT2D eigenvalue weighted by Gasteiger charge is -2.05. The van der Waals surface area contributed by atoms with E-state index in [1.165, 1.54) is 12.1 Å². The predicted molar refractivity (Wildman–Crippen MR) is 80.3 cm³/mol. The standard InChI is InChI=1S/C15H10Cl3FO/c16-12-5-4-9(7-13(12)17)6-11(20)8-10-2-1-3-14(19)15(10)18/h1-5,7H,6,8H2. The van der Waals surface area contributed by atoms with Crippen LogP contribution in [-0.4, -0.2) is 5.78 Å². The molecule has 0 heterocycles. The van der Waals surface area contributed by atoms with Gasteiger partial charge in [0.25, 0.3) is 0 Å². The maximum absolute atomic E-state index is 13.3. The van der Waals surface area contributed by atoms with Gasteiger partial charge in [-0.1, -0.05) is 53.0 Å². The van der Waals surface area contributed by atoms with Crippen molar-refractivity contribution in [2.24, 2.45) is 0 Å². The Labute approximate surface area is 131 Å². The Morgan fingerprint density at radius 2 is 1.75 bits per heavy atom. The minimum atomic E-state index is -0.522. The number of benzene rings is 2. The lowest BCUT2D eigenvalue weighted by atomic mass is 10.0. The van der Waals surface area contributed by atoms with Gasteiger partial charge in [0.2, 0.25) is 0 Å². The number of ketones is 1. The van der Waals surface area contributed by atoms with Gasteiger partial charge in [-0.2, -0.15) is 0 Å². The van der Waals surface area contributed by atoms with Crippen LogP contribution in [0.15, 0.2) is 36.4 Å². The lowest BCUT2D eigenvalue weighted by Crippen LogP contribution is -2.07. The molecule has 0 aliphatic rings. The van der Waals surface area contributed by atoms with Gasteiger partial charge in [-0.05, 0) is 29.3 Å². The topological polar surface area (TPSA) is 17.1 Å². The Hall–Kier alpha value is -1.09. The minimum Gasteiger partial charge on any atom is -0.299 e. The summed E-state index contributed by atoms with van der Waals surface area (Å²) in [5, 5.41) is 0.840. The quantitative estimate of drug-likeness (QED) is 0.758. The van der Waals surface area contributed by atoms with Gasteiger partial charge in [0, 0.05) is 12.8 Å². The SMILES string of the molecule is O=C(Cc1ccc(Cl)c(Cl)c1)Cc1cccc(F)c1Cl. The summed E-state index contributed by atoms with van der Waals surface area (Å²) in [6, 6.07) is 9.45. The largest absolute Gasteiger partial charge is 0.299 e. The number of Topliss-reactive ketones (excluding diaryl/α,β-unsaturated/α-hetero) is 1. The summed E-state index contributed by atoms with van der Waals surface area (Å²) >= 11 is 17.5. The van der Waals surface area contributed by atoms with E-state index in [0.717, 1.165) is 5.56 Å². The van der Waals surface area contributed by atoms with E-state index in [9.17, 15) is 9.18 Å². The minimum absolute atomic E-state index is 0.00464. The summed E-state index contributed by atoms with van der Waals surface area (Å²) in [5.41, 5.74) is 1.24. The lowest BCUT2D eigenvalue weighted by molar-refractivity contribution is -0.117. The number of halogens is 4. The van der Waals surface area contributed by atoms with Crippen molar-refractivity contribution in [3.63, 3.8) is 0 Å². The van der Waals surface area contributed by atoms with E-state index >= 15 is 0 Å². The first-order valence-electron chi connectivity index (χ1n) is 5.86. The number of hydrogen-bond acceptors (Lipinski definition) is 1. The molecule has 20 heavy (non-hydrogen) atoms. The van der Waals surface area contributed by atoms with Crippen LogP contribution < -0.4 is 0 Å². The third kappa shape index (κ3) is 3.72. The van der Waals surface area contributed by atoms with Crippen LogP contribution in [0.4, 0.5) is 4.39 Å². The highest BCUT2D eigenvalue weighted by Crippen LogP contribution is 2.24. The van der Waals surface area contributed by atoms with Crippen LogP contribution in [-0.2, 0) is 17.6 Å². The molecule has 0 bridgehead atoms. The van der Waals surface area contributed by atoms with E-state index < -0.39 is 5.82 Å². The molecule has 0 amide bonds. The van der Waals surface area contributed by atoms with Crippen LogP contribution in [0.3, 0.4) is 0 Å². The van der Waals surface area contributed by atoms with Crippen molar-refractivity contribution in [1.29, 1.82) is 0 Å². The molecular weight excluding hydrogens is 322 g/mol. The van der Waals surface area contributed by atoms with Gasteiger partial charge in [-0.25, -0.2) is 4.39 Å². The smallest absolute Gasteiger partial charge is 0.142 e. The zero-order chi connectivity index (χ0) is 14.7. The molecule has 2 rings (SSSR count). The fourth-order valence-electron chi connectivity index (χ4n) is 1.84. The monoisotopic (exact) mass is 330 g/mol. The van der Waals surface area contributed by atoms with Gasteiger partial charge in [0.1, 0.15) is 11.6 Å². The van der Waals surface area contributed by atoms with Crippen LogP contribution in [0.1, 0.15) is 11.1 Å².